The van der Waals surface area contributed by atoms with Crippen molar-refractivity contribution >= 4 is 28.9 Å². The third-order valence-corrected chi connectivity index (χ3v) is 3.45. The number of aryl methyl sites for hydroxylation is 1. The lowest BCUT2D eigenvalue weighted by molar-refractivity contribution is 0.240. The standard InChI is InChI=1S/C13H17N3OS/c1-8-5-6-9(12(14)18)7-11(8)16-13(17)15-10-3-2-4-10/h5-7,10H,2-4H2,1H3,(H2,14,18)(H2,15,16,17). The van der Waals surface area contributed by atoms with Crippen LogP contribution in [-0.4, -0.2) is 17.1 Å². The van der Waals surface area contributed by atoms with Gasteiger partial charge in [-0.2, -0.15) is 0 Å². The van der Waals surface area contributed by atoms with Gasteiger partial charge in [-0.25, -0.2) is 4.79 Å². The fourth-order valence-electron chi connectivity index (χ4n) is 1.81. The van der Waals surface area contributed by atoms with Gasteiger partial charge in [0.05, 0.1) is 0 Å². The highest BCUT2D eigenvalue weighted by Gasteiger charge is 2.19. The van der Waals surface area contributed by atoms with Crippen molar-refractivity contribution in [3.8, 4) is 0 Å². The van der Waals surface area contributed by atoms with Crippen LogP contribution in [0.4, 0.5) is 10.5 Å². The number of carbonyl (C=O) groups is 1. The number of hydrogen-bond donors (Lipinski definition) is 3. The zero-order chi connectivity index (χ0) is 13.1. The third-order valence-electron chi connectivity index (χ3n) is 3.21. The number of thiocarbonyl (C=S) groups is 1. The number of hydrogen-bond acceptors (Lipinski definition) is 2. The quantitative estimate of drug-likeness (QED) is 0.733. The zero-order valence-corrected chi connectivity index (χ0v) is 11.1. The molecule has 5 heteroatoms. The maximum Gasteiger partial charge on any atom is 0.319 e. The summed E-state index contributed by atoms with van der Waals surface area (Å²) in [5.74, 6) is 0. The number of urea groups is 1. The summed E-state index contributed by atoms with van der Waals surface area (Å²) in [5.41, 5.74) is 8.07. The largest absolute Gasteiger partial charge is 0.389 e. The molecule has 0 heterocycles. The Morgan fingerprint density at radius 2 is 2.17 bits per heavy atom. The number of nitrogens with one attached hydrogen (secondary N) is 2. The molecule has 0 bridgehead atoms. The summed E-state index contributed by atoms with van der Waals surface area (Å²) in [7, 11) is 0. The van der Waals surface area contributed by atoms with Gasteiger partial charge in [-0.3, -0.25) is 0 Å². The van der Waals surface area contributed by atoms with Crippen LogP contribution in [0.15, 0.2) is 18.2 Å². The van der Waals surface area contributed by atoms with Crippen LogP contribution in [0.25, 0.3) is 0 Å². The van der Waals surface area contributed by atoms with Crippen molar-refractivity contribution in [1.29, 1.82) is 0 Å². The van der Waals surface area contributed by atoms with Gasteiger partial charge in [0, 0.05) is 17.3 Å². The van der Waals surface area contributed by atoms with E-state index in [4.69, 9.17) is 18.0 Å². The fraction of sp³-hybridized carbons (Fsp3) is 0.385. The molecule has 2 rings (SSSR count). The minimum absolute atomic E-state index is 0.164. The van der Waals surface area contributed by atoms with Gasteiger partial charge in [-0.05, 0) is 37.8 Å². The Labute approximate surface area is 112 Å². The van der Waals surface area contributed by atoms with E-state index in [-0.39, 0.29) is 6.03 Å². The molecule has 1 saturated carbocycles. The lowest BCUT2D eigenvalue weighted by Gasteiger charge is -2.26. The minimum atomic E-state index is -0.164. The van der Waals surface area contributed by atoms with E-state index >= 15 is 0 Å². The monoisotopic (exact) mass is 263 g/mol. The summed E-state index contributed by atoms with van der Waals surface area (Å²) in [6.45, 7) is 1.93. The SMILES string of the molecule is Cc1ccc(C(N)=S)cc1NC(=O)NC1CCC1. The van der Waals surface area contributed by atoms with Crippen molar-refractivity contribution < 1.29 is 4.79 Å². The molecular weight excluding hydrogens is 246 g/mol. The van der Waals surface area contributed by atoms with E-state index < -0.39 is 0 Å². The van der Waals surface area contributed by atoms with Gasteiger partial charge in [0.15, 0.2) is 0 Å². The molecule has 1 aromatic rings. The molecule has 0 aromatic heterocycles. The smallest absolute Gasteiger partial charge is 0.319 e. The number of benzene rings is 1. The Balaban J connectivity index is 2.04. The average Bonchev–Trinajstić information content (AvgIpc) is 2.26. The molecule has 1 aliphatic carbocycles. The van der Waals surface area contributed by atoms with Gasteiger partial charge in [0.25, 0.3) is 0 Å². The van der Waals surface area contributed by atoms with Crippen LogP contribution in [0.3, 0.4) is 0 Å². The predicted molar refractivity (Wildman–Crippen MR) is 76.9 cm³/mol. The maximum atomic E-state index is 11.8. The summed E-state index contributed by atoms with van der Waals surface area (Å²) in [6.07, 6.45) is 3.33. The summed E-state index contributed by atoms with van der Waals surface area (Å²) in [4.78, 5) is 12.1. The Morgan fingerprint density at radius 3 is 2.72 bits per heavy atom. The molecule has 0 radical (unpaired) electrons. The van der Waals surface area contributed by atoms with Crippen LogP contribution in [0.2, 0.25) is 0 Å². The molecule has 1 aliphatic rings. The molecule has 0 unspecified atom stereocenters. The molecule has 0 aliphatic heterocycles. The Kier molecular flexibility index (Phi) is 3.81. The second-order valence-corrected chi connectivity index (χ2v) is 5.06. The van der Waals surface area contributed by atoms with E-state index in [0.29, 0.717) is 11.0 Å². The fourth-order valence-corrected chi connectivity index (χ4v) is 1.93. The summed E-state index contributed by atoms with van der Waals surface area (Å²) < 4.78 is 0. The molecule has 1 fully saturated rings. The lowest BCUT2D eigenvalue weighted by atomic mass is 9.93. The lowest BCUT2D eigenvalue weighted by Crippen LogP contribution is -2.42. The zero-order valence-electron chi connectivity index (χ0n) is 10.3. The first-order chi connectivity index (χ1) is 8.56. The molecule has 0 atom stereocenters. The van der Waals surface area contributed by atoms with Gasteiger partial charge in [-0.1, -0.05) is 24.4 Å². The predicted octanol–water partition coefficient (Wildman–Crippen LogP) is 2.30. The Bertz CT molecular complexity index is 483. The van der Waals surface area contributed by atoms with Crippen molar-refractivity contribution in [2.45, 2.75) is 32.2 Å². The summed E-state index contributed by atoms with van der Waals surface area (Å²) in [5, 5.41) is 5.77. The van der Waals surface area contributed by atoms with Gasteiger partial charge in [0.2, 0.25) is 0 Å². The number of rotatable bonds is 3. The molecule has 0 spiro atoms. The van der Waals surface area contributed by atoms with Gasteiger partial charge in [-0.15, -0.1) is 0 Å². The molecule has 4 N–H and O–H groups in total. The number of carbonyl (C=O) groups excluding carboxylic acids is 1. The van der Waals surface area contributed by atoms with Gasteiger partial charge in [0.1, 0.15) is 4.99 Å². The molecule has 1 aromatic carbocycles. The molecule has 4 nitrogen and oxygen atoms in total. The molecule has 0 saturated heterocycles. The maximum absolute atomic E-state index is 11.8. The van der Waals surface area contributed by atoms with Crippen molar-refractivity contribution in [2.75, 3.05) is 5.32 Å². The summed E-state index contributed by atoms with van der Waals surface area (Å²) in [6, 6.07) is 5.71. The second kappa shape index (κ2) is 5.35. The number of nitrogens with two attached hydrogens (primary N) is 1. The van der Waals surface area contributed by atoms with Crippen LogP contribution in [-0.2, 0) is 0 Å². The normalized spacial score (nSPS) is 14.7. The summed E-state index contributed by atoms with van der Waals surface area (Å²) >= 11 is 4.93. The van der Waals surface area contributed by atoms with E-state index in [2.05, 4.69) is 10.6 Å². The van der Waals surface area contributed by atoms with E-state index in [1.54, 1.807) is 6.07 Å². The highest BCUT2D eigenvalue weighted by atomic mass is 32.1. The highest BCUT2D eigenvalue weighted by molar-refractivity contribution is 7.80. The van der Waals surface area contributed by atoms with Crippen LogP contribution < -0.4 is 16.4 Å². The topological polar surface area (TPSA) is 67.1 Å². The number of amides is 2. The first-order valence-electron chi connectivity index (χ1n) is 6.04. The van der Waals surface area contributed by atoms with Gasteiger partial charge < -0.3 is 16.4 Å². The molecular formula is C13H17N3OS. The second-order valence-electron chi connectivity index (χ2n) is 4.62. The van der Waals surface area contributed by atoms with Crippen molar-refractivity contribution in [3.63, 3.8) is 0 Å². The average molecular weight is 263 g/mol. The first-order valence-corrected chi connectivity index (χ1v) is 6.45. The molecule has 96 valence electrons. The van der Waals surface area contributed by atoms with Crippen molar-refractivity contribution in [1.82, 2.24) is 5.32 Å². The van der Waals surface area contributed by atoms with Gasteiger partial charge >= 0.3 is 6.03 Å². The highest BCUT2D eigenvalue weighted by Crippen LogP contribution is 2.19. The van der Waals surface area contributed by atoms with Crippen molar-refractivity contribution in [2.24, 2.45) is 5.73 Å². The van der Waals surface area contributed by atoms with Crippen LogP contribution in [0, 0.1) is 6.92 Å². The van der Waals surface area contributed by atoms with Crippen molar-refractivity contribution in [3.05, 3.63) is 29.3 Å². The van der Waals surface area contributed by atoms with E-state index in [1.807, 2.05) is 19.1 Å². The Hall–Kier alpha value is -1.62. The van der Waals surface area contributed by atoms with Crippen LogP contribution in [0.1, 0.15) is 30.4 Å². The molecule has 2 amide bonds. The van der Waals surface area contributed by atoms with Crippen LogP contribution in [0.5, 0.6) is 0 Å². The molecule has 18 heavy (non-hydrogen) atoms. The van der Waals surface area contributed by atoms with E-state index in [1.165, 1.54) is 6.42 Å². The third kappa shape index (κ3) is 2.98. The first kappa shape index (κ1) is 12.8. The Morgan fingerprint density at radius 1 is 1.44 bits per heavy atom. The van der Waals surface area contributed by atoms with E-state index in [0.717, 1.165) is 29.7 Å². The number of anilines is 1. The minimum Gasteiger partial charge on any atom is -0.389 e. The van der Waals surface area contributed by atoms with E-state index in [9.17, 15) is 4.79 Å². The van der Waals surface area contributed by atoms with Crippen LogP contribution >= 0.6 is 12.2 Å².